The van der Waals surface area contributed by atoms with E-state index in [0.717, 1.165) is 52.4 Å². The highest BCUT2D eigenvalue weighted by Crippen LogP contribution is 2.40. The summed E-state index contributed by atoms with van der Waals surface area (Å²) in [6.07, 6.45) is 1.85. The zero-order chi connectivity index (χ0) is 28.9. The standard InChI is InChI=1S/C32H28FN5O2S2.2ClH/c33-25-19-23(36-32(41)37-30(39)18-21-4-2-1-3-5-21)8-11-27(25)40-28-12-13-35-26-20-29(42-31(26)28)22-6-9-24(10-7-22)38-16-14-34-15-17-38;;/h1-13,19-20,34H,14-18H2,(H2,36,37,39,41);2*1H. The molecule has 0 unspecified atom stereocenters. The molecule has 44 heavy (non-hydrogen) atoms. The fourth-order valence-corrected chi connectivity index (χ4v) is 6.09. The summed E-state index contributed by atoms with van der Waals surface area (Å²) in [4.78, 5) is 20.2. The molecule has 1 aliphatic heterocycles. The van der Waals surface area contributed by atoms with E-state index in [9.17, 15) is 4.79 Å². The van der Waals surface area contributed by atoms with Crippen molar-refractivity contribution in [1.82, 2.24) is 15.6 Å². The van der Waals surface area contributed by atoms with Gasteiger partial charge in [-0.1, -0.05) is 42.5 Å². The van der Waals surface area contributed by atoms with Gasteiger partial charge >= 0.3 is 0 Å². The Morgan fingerprint density at radius 3 is 2.45 bits per heavy atom. The lowest BCUT2D eigenvalue weighted by Gasteiger charge is -2.29. The minimum absolute atomic E-state index is 0. The number of ether oxygens (including phenoxy) is 1. The molecule has 2 aromatic heterocycles. The number of thiophene rings is 1. The van der Waals surface area contributed by atoms with E-state index in [0.29, 0.717) is 11.4 Å². The van der Waals surface area contributed by atoms with Gasteiger partial charge in [0.25, 0.3) is 0 Å². The minimum Gasteiger partial charge on any atom is -0.453 e. The van der Waals surface area contributed by atoms with Gasteiger partial charge in [0.05, 0.1) is 16.6 Å². The molecule has 3 N–H and O–H groups in total. The molecule has 5 aromatic rings. The van der Waals surface area contributed by atoms with Crippen LogP contribution in [0.4, 0.5) is 15.8 Å². The van der Waals surface area contributed by atoms with Crippen molar-refractivity contribution in [2.24, 2.45) is 0 Å². The van der Waals surface area contributed by atoms with Crippen molar-refractivity contribution in [3.05, 3.63) is 103 Å². The molecule has 6 rings (SSSR count). The van der Waals surface area contributed by atoms with E-state index < -0.39 is 5.82 Å². The molecule has 0 spiro atoms. The van der Waals surface area contributed by atoms with Gasteiger partial charge in [-0.2, -0.15) is 0 Å². The quantitative estimate of drug-likeness (QED) is 0.158. The SMILES string of the molecule is Cl.Cl.O=C(Cc1ccccc1)NC(=S)Nc1ccc(Oc2ccnc3cc(-c4ccc(N5CCNCC5)cc4)sc23)c(F)c1. The van der Waals surface area contributed by atoms with Crippen LogP contribution in [-0.2, 0) is 11.2 Å². The Morgan fingerprint density at radius 2 is 1.73 bits per heavy atom. The molecule has 1 fully saturated rings. The zero-order valence-corrected chi connectivity index (χ0v) is 26.7. The number of halogens is 3. The van der Waals surface area contributed by atoms with Crippen LogP contribution < -0.4 is 25.6 Å². The summed E-state index contributed by atoms with van der Waals surface area (Å²) >= 11 is 6.80. The number of thiocarbonyl (C=S) groups is 1. The number of carbonyl (C=O) groups is 1. The van der Waals surface area contributed by atoms with Crippen molar-refractivity contribution in [1.29, 1.82) is 0 Å². The fraction of sp³-hybridized carbons (Fsp3) is 0.156. The van der Waals surface area contributed by atoms with Crippen LogP contribution >= 0.6 is 48.4 Å². The first kappa shape index (κ1) is 33.1. The summed E-state index contributed by atoms with van der Waals surface area (Å²) in [5, 5.41) is 8.95. The second-order valence-corrected chi connectivity index (χ2v) is 11.3. The number of nitrogens with one attached hydrogen (secondary N) is 3. The predicted octanol–water partition coefficient (Wildman–Crippen LogP) is 7.20. The van der Waals surface area contributed by atoms with Gasteiger partial charge in [-0.3, -0.25) is 9.78 Å². The summed E-state index contributed by atoms with van der Waals surface area (Å²) in [7, 11) is 0. The Bertz CT molecular complexity index is 1730. The van der Waals surface area contributed by atoms with Crippen molar-refractivity contribution < 1.29 is 13.9 Å². The smallest absolute Gasteiger partial charge is 0.230 e. The first-order valence-electron chi connectivity index (χ1n) is 13.6. The molecule has 0 atom stereocenters. The lowest BCUT2D eigenvalue weighted by Crippen LogP contribution is -2.43. The number of piperazine rings is 1. The Balaban J connectivity index is 0.00000221. The number of pyridine rings is 1. The Morgan fingerprint density at radius 1 is 0.977 bits per heavy atom. The van der Waals surface area contributed by atoms with Crippen LogP contribution in [0.15, 0.2) is 91.1 Å². The van der Waals surface area contributed by atoms with Crippen molar-refractivity contribution in [2.75, 3.05) is 36.4 Å². The number of nitrogens with zero attached hydrogens (tertiary/aromatic N) is 2. The van der Waals surface area contributed by atoms with E-state index in [-0.39, 0.29) is 48.0 Å². The third-order valence-electron chi connectivity index (χ3n) is 6.88. The van der Waals surface area contributed by atoms with E-state index in [2.05, 4.69) is 50.1 Å². The number of benzene rings is 3. The van der Waals surface area contributed by atoms with Crippen molar-refractivity contribution >= 4 is 81.0 Å². The molecule has 0 radical (unpaired) electrons. The number of fused-ring (bicyclic) bond motifs is 1. The van der Waals surface area contributed by atoms with E-state index in [1.54, 1.807) is 29.7 Å². The molecule has 0 saturated carbocycles. The summed E-state index contributed by atoms with van der Waals surface area (Å²) < 4.78 is 21.9. The van der Waals surface area contributed by atoms with E-state index in [4.69, 9.17) is 17.0 Å². The molecular weight excluding hydrogens is 640 g/mol. The van der Waals surface area contributed by atoms with Crippen LogP contribution in [0, 0.1) is 5.82 Å². The number of carbonyl (C=O) groups excluding carboxylic acids is 1. The molecule has 0 bridgehead atoms. The maximum absolute atomic E-state index is 15.1. The lowest BCUT2D eigenvalue weighted by molar-refractivity contribution is -0.119. The van der Waals surface area contributed by atoms with Crippen LogP contribution in [0.5, 0.6) is 11.5 Å². The van der Waals surface area contributed by atoms with Crippen LogP contribution in [-0.4, -0.2) is 42.2 Å². The average molecular weight is 671 g/mol. The molecule has 12 heteroatoms. The van der Waals surface area contributed by atoms with E-state index >= 15 is 4.39 Å². The first-order valence-corrected chi connectivity index (χ1v) is 14.8. The van der Waals surface area contributed by atoms with Gasteiger partial charge in [0, 0.05) is 60.8 Å². The van der Waals surface area contributed by atoms with Crippen molar-refractivity contribution in [2.45, 2.75) is 6.42 Å². The van der Waals surface area contributed by atoms with E-state index in [1.165, 1.54) is 17.8 Å². The Kier molecular flexibility index (Phi) is 11.5. The lowest BCUT2D eigenvalue weighted by atomic mass is 10.1. The van der Waals surface area contributed by atoms with Gasteiger partial charge in [-0.15, -0.1) is 36.2 Å². The second kappa shape index (κ2) is 15.3. The number of hydrogen-bond acceptors (Lipinski definition) is 7. The number of hydrogen-bond donors (Lipinski definition) is 3. The highest BCUT2D eigenvalue weighted by Gasteiger charge is 2.15. The fourth-order valence-electron chi connectivity index (χ4n) is 4.79. The van der Waals surface area contributed by atoms with Gasteiger partial charge in [0.2, 0.25) is 5.91 Å². The third kappa shape index (κ3) is 8.02. The van der Waals surface area contributed by atoms with Crippen molar-refractivity contribution in [3.8, 4) is 21.9 Å². The highest BCUT2D eigenvalue weighted by molar-refractivity contribution is 7.80. The maximum atomic E-state index is 15.1. The van der Waals surface area contributed by atoms with Crippen LogP contribution in [0.1, 0.15) is 5.56 Å². The monoisotopic (exact) mass is 669 g/mol. The van der Waals surface area contributed by atoms with Gasteiger partial charge in [0.15, 0.2) is 16.7 Å². The second-order valence-electron chi connectivity index (χ2n) is 9.83. The normalized spacial score (nSPS) is 12.5. The van der Waals surface area contributed by atoms with Crippen LogP contribution in [0.2, 0.25) is 0 Å². The van der Waals surface area contributed by atoms with Gasteiger partial charge < -0.3 is 25.6 Å². The number of amides is 1. The van der Waals surface area contributed by atoms with Gasteiger partial charge in [0.1, 0.15) is 5.75 Å². The summed E-state index contributed by atoms with van der Waals surface area (Å²) in [5.74, 6) is -0.227. The zero-order valence-electron chi connectivity index (χ0n) is 23.4. The Labute approximate surface area is 276 Å². The molecule has 7 nitrogen and oxygen atoms in total. The van der Waals surface area contributed by atoms with Crippen LogP contribution in [0.3, 0.4) is 0 Å². The first-order chi connectivity index (χ1) is 20.5. The van der Waals surface area contributed by atoms with Crippen molar-refractivity contribution in [3.63, 3.8) is 0 Å². The molecule has 0 aliphatic carbocycles. The summed E-state index contributed by atoms with van der Waals surface area (Å²) in [6.45, 7) is 3.98. The van der Waals surface area contributed by atoms with Crippen LogP contribution in [0.25, 0.3) is 20.7 Å². The van der Waals surface area contributed by atoms with Gasteiger partial charge in [-0.25, -0.2) is 4.39 Å². The third-order valence-corrected chi connectivity index (χ3v) is 8.27. The maximum Gasteiger partial charge on any atom is 0.230 e. The molecule has 228 valence electrons. The summed E-state index contributed by atoms with van der Waals surface area (Å²) in [5.41, 5.74) is 4.36. The number of anilines is 2. The number of aromatic nitrogens is 1. The van der Waals surface area contributed by atoms with E-state index in [1.807, 2.05) is 36.4 Å². The molecule has 3 aromatic carbocycles. The minimum atomic E-state index is -0.566. The molecular formula is C32H30Cl2FN5O2S2. The largest absolute Gasteiger partial charge is 0.453 e. The van der Waals surface area contributed by atoms with Gasteiger partial charge in [-0.05, 0) is 53.7 Å². The average Bonchev–Trinajstić information content (AvgIpc) is 3.45. The summed E-state index contributed by atoms with van der Waals surface area (Å²) in [6, 6.07) is 26.1. The predicted molar refractivity (Wildman–Crippen MR) is 186 cm³/mol. The molecule has 1 amide bonds. The molecule has 1 aliphatic rings. The Hall–Kier alpha value is -3.80. The molecule has 1 saturated heterocycles. The number of rotatable bonds is 7. The topological polar surface area (TPSA) is 78.5 Å². The molecule has 3 heterocycles. The highest BCUT2D eigenvalue weighted by atomic mass is 35.5.